The maximum absolute atomic E-state index is 11.4. The fraction of sp³-hybridized carbons (Fsp3) is 1.00. The van der Waals surface area contributed by atoms with Crippen molar-refractivity contribution in [3.63, 3.8) is 0 Å². The van der Waals surface area contributed by atoms with E-state index in [0.29, 0.717) is 0 Å². The van der Waals surface area contributed by atoms with Gasteiger partial charge < -0.3 is 8.61 Å². The SMILES string of the molecule is C[N+]1(C)CCCCC1.O=S(=O)([N-]S(=O)(=O)C(F)(F)F)C(F)(F)F. The lowest BCUT2D eigenvalue weighted by molar-refractivity contribution is -0.894. The van der Waals surface area contributed by atoms with Gasteiger partial charge in [0.25, 0.3) is 0 Å². The Kier molecular flexibility index (Phi) is 6.92. The fourth-order valence-electron chi connectivity index (χ4n) is 1.58. The van der Waals surface area contributed by atoms with E-state index in [-0.39, 0.29) is 0 Å². The molecule has 1 aliphatic heterocycles. The second-order valence-electron chi connectivity index (χ2n) is 5.36. The lowest BCUT2D eigenvalue weighted by Gasteiger charge is -2.33. The molecule has 0 atom stereocenters. The number of halogens is 6. The van der Waals surface area contributed by atoms with E-state index in [1.54, 1.807) is 0 Å². The van der Waals surface area contributed by atoms with Gasteiger partial charge >= 0.3 is 11.0 Å². The van der Waals surface area contributed by atoms with E-state index in [2.05, 4.69) is 14.1 Å². The predicted molar refractivity (Wildman–Crippen MR) is 69.0 cm³/mol. The first kappa shape index (κ1) is 22.4. The Bertz CT molecular complexity index is 545. The zero-order valence-corrected chi connectivity index (χ0v) is 13.8. The van der Waals surface area contributed by atoms with Gasteiger partial charge in [-0.3, -0.25) is 0 Å². The summed E-state index contributed by atoms with van der Waals surface area (Å²) in [7, 11) is -8.81. The first-order valence-electron chi connectivity index (χ1n) is 6.10. The lowest BCUT2D eigenvalue weighted by Crippen LogP contribution is -2.43. The molecule has 0 aromatic heterocycles. The van der Waals surface area contributed by atoms with Crippen molar-refractivity contribution in [1.82, 2.24) is 0 Å². The number of alkyl halides is 6. The number of hydrogen-bond acceptors (Lipinski definition) is 4. The Labute approximate surface area is 130 Å². The van der Waals surface area contributed by atoms with Gasteiger partial charge in [0.2, 0.25) is 0 Å². The molecule has 0 aromatic rings. The van der Waals surface area contributed by atoms with Crippen LogP contribution in [0, 0.1) is 0 Å². The van der Waals surface area contributed by atoms with Crippen molar-refractivity contribution in [2.45, 2.75) is 30.3 Å². The molecule has 0 aliphatic carbocycles. The Hall–Kier alpha value is -0.600. The summed E-state index contributed by atoms with van der Waals surface area (Å²) < 4.78 is 110. The van der Waals surface area contributed by atoms with Crippen molar-refractivity contribution in [3.8, 4) is 0 Å². The molecule has 0 aromatic carbocycles. The molecule has 0 unspecified atom stereocenters. The van der Waals surface area contributed by atoms with Crippen molar-refractivity contribution >= 4 is 20.0 Å². The van der Waals surface area contributed by atoms with Crippen LogP contribution in [0.3, 0.4) is 0 Å². The molecule has 0 bridgehead atoms. The van der Waals surface area contributed by atoms with Gasteiger partial charge in [0, 0.05) is 0 Å². The molecular formula is C9H16F6N2O4S2. The van der Waals surface area contributed by atoms with Crippen LogP contribution in [-0.2, 0) is 20.0 Å². The van der Waals surface area contributed by atoms with E-state index >= 15 is 0 Å². The summed E-state index contributed by atoms with van der Waals surface area (Å²) in [6.07, 6.45) is 4.34. The van der Waals surface area contributed by atoms with Gasteiger partial charge in [0.1, 0.15) is 0 Å². The van der Waals surface area contributed by atoms with Crippen LogP contribution in [0.25, 0.3) is 4.13 Å². The predicted octanol–water partition coefficient (Wildman–Crippen LogP) is 2.31. The molecule has 1 heterocycles. The third-order valence-electron chi connectivity index (χ3n) is 2.81. The molecule has 0 N–H and O–H groups in total. The van der Waals surface area contributed by atoms with Crippen LogP contribution in [0.2, 0.25) is 0 Å². The highest BCUT2D eigenvalue weighted by Gasteiger charge is 2.46. The summed E-state index contributed by atoms with van der Waals surface area (Å²) in [4.78, 5) is 0. The van der Waals surface area contributed by atoms with Crippen molar-refractivity contribution in [3.05, 3.63) is 4.13 Å². The van der Waals surface area contributed by atoms with Gasteiger partial charge in [0.15, 0.2) is 20.0 Å². The summed E-state index contributed by atoms with van der Waals surface area (Å²) in [6, 6.07) is 0. The molecule has 0 radical (unpaired) electrons. The maximum atomic E-state index is 11.4. The van der Waals surface area contributed by atoms with E-state index in [4.69, 9.17) is 0 Å². The minimum atomic E-state index is -6.72. The Morgan fingerprint density at radius 3 is 1.22 bits per heavy atom. The fourth-order valence-corrected chi connectivity index (χ4v) is 3.29. The van der Waals surface area contributed by atoms with Crippen LogP contribution in [-0.4, -0.2) is 59.5 Å². The van der Waals surface area contributed by atoms with Crippen LogP contribution in [0.1, 0.15) is 19.3 Å². The highest BCUT2D eigenvalue weighted by molar-refractivity contribution is 8.13. The Balaban J connectivity index is 0.000000502. The molecule has 14 heteroatoms. The molecule has 1 saturated heterocycles. The van der Waals surface area contributed by atoms with Crippen molar-refractivity contribution in [2.24, 2.45) is 0 Å². The third-order valence-corrected chi connectivity index (χ3v) is 5.55. The number of quaternary nitrogens is 1. The van der Waals surface area contributed by atoms with E-state index in [0.717, 1.165) is 4.13 Å². The second-order valence-corrected chi connectivity index (χ2v) is 8.78. The van der Waals surface area contributed by atoms with E-state index in [9.17, 15) is 43.2 Å². The molecule has 0 amide bonds. The van der Waals surface area contributed by atoms with Gasteiger partial charge in [-0.25, -0.2) is 16.8 Å². The first-order valence-corrected chi connectivity index (χ1v) is 8.98. The zero-order valence-electron chi connectivity index (χ0n) is 12.1. The summed E-state index contributed by atoms with van der Waals surface area (Å²) >= 11 is 0. The zero-order chi connectivity index (χ0) is 18.7. The lowest BCUT2D eigenvalue weighted by atomic mass is 10.1. The highest BCUT2D eigenvalue weighted by atomic mass is 32.3. The van der Waals surface area contributed by atoms with Gasteiger partial charge in [-0.05, 0) is 19.3 Å². The van der Waals surface area contributed by atoms with Crippen molar-refractivity contribution in [2.75, 3.05) is 27.2 Å². The van der Waals surface area contributed by atoms with Gasteiger partial charge in [-0.1, -0.05) is 0 Å². The number of nitrogens with zero attached hydrogens (tertiary/aromatic N) is 2. The van der Waals surface area contributed by atoms with E-state index in [1.807, 2.05) is 0 Å². The second kappa shape index (κ2) is 7.11. The normalized spacial score (nSPS) is 19.7. The topological polar surface area (TPSA) is 82.4 Å². The summed E-state index contributed by atoms with van der Waals surface area (Å²) in [5.41, 5.74) is -12.4. The number of likely N-dealkylation sites (tertiary alicyclic amines) is 1. The summed E-state index contributed by atoms with van der Waals surface area (Å²) in [6.45, 7) is 2.78. The molecular weight excluding hydrogens is 378 g/mol. The minimum absolute atomic E-state index is 0.778. The number of rotatable bonds is 2. The average molecular weight is 394 g/mol. The van der Waals surface area contributed by atoms with Gasteiger partial charge in [-0.2, -0.15) is 26.3 Å². The van der Waals surface area contributed by atoms with Crippen LogP contribution < -0.4 is 0 Å². The summed E-state index contributed by atoms with van der Waals surface area (Å²) in [5.74, 6) is 0. The monoisotopic (exact) mass is 394 g/mol. The van der Waals surface area contributed by atoms with Crippen LogP contribution in [0.15, 0.2) is 0 Å². The molecule has 1 fully saturated rings. The average Bonchev–Trinajstić information content (AvgIpc) is 2.24. The number of sulfonamides is 2. The highest BCUT2D eigenvalue weighted by Crippen LogP contribution is 2.36. The smallest absolute Gasteiger partial charge is 0.421 e. The van der Waals surface area contributed by atoms with Crippen LogP contribution >= 0.6 is 0 Å². The Morgan fingerprint density at radius 1 is 0.739 bits per heavy atom. The first-order chi connectivity index (χ1) is 9.91. The molecule has 23 heavy (non-hydrogen) atoms. The van der Waals surface area contributed by atoms with Crippen molar-refractivity contribution in [1.29, 1.82) is 0 Å². The third kappa shape index (κ3) is 7.22. The van der Waals surface area contributed by atoms with Gasteiger partial charge in [-0.15, -0.1) is 0 Å². The molecule has 6 nitrogen and oxygen atoms in total. The van der Waals surface area contributed by atoms with Crippen LogP contribution in [0.4, 0.5) is 26.3 Å². The minimum Gasteiger partial charge on any atom is -0.421 e. The molecule has 0 saturated carbocycles. The molecule has 140 valence electrons. The van der Waals surface area contributed by atoms with Crippen LogP contribution in [0.5, 0.6) is 0 Å². The molecule has 0 spiro atoms. The Morgan fingerprint density at radius 2 is 1.04 bits per heavy atom. The maximum Gasteiger partial charge on any atom is 0.480 e. The standard InChI is InChI=1S/C7H16N.C2F6NO4S2/c1-8(2)6-4-3-5-7-8;3-1(4,5)14(10,11)9-15(12,13)2(6,7)8/h3-7H2,1-2H3;/q+1;-1. The molecule has 1 aliphatic rings. The quantitative estimate of drug-likeness (QED) is 0.532. The van der Waals surface area contributed by atoms with E-state index < -0.39 is 31.1 Å². The van der Waals surface area contributed by atoms with E-state index in [1.165, 1.54) is 36.8 Å². The van der Waals surface area contributed by atoms with Gasteiger partial charge in [0.05, 0.1) is 27.2 Å². The van der Waals surface area contributed by atoms with Crippen molar-refractivity contribution < 1.29 is 47.7 Å². The molecule has 1 rings (SSSR count). The largest absolute Gasteiger partial charge is 0.480 e. The number of piperidine rings is 1. The number of hydrogen-bond donors (Lipinski definition) is 0. The summed E-state index contributed by atoms with van der Waals surface area (Å²) in [5, 5.41) is 0.